The molecule has 0 saturated heterocycles. The Balaban J connectivity index is 4.74. The van der Waals surface area contributed by atoms with E-state index in [0.717, 1.165) is 0 Å². The highest BCUT2D eigenvalue weighted by Gasteiger charge is 2.16. The topological polar surface area (TPSA) is 110 Å². The molecule has 0 aromatic rings. The largest absolute Gasteiger partial charge is 0.395 e. The summed E-state index contributed by atoms with van der Waals surface area (Å²) in [6, 6.07) is 0. The molecule has 0 rings (SSSR count). The van der Waals surface area contributed by atoms with Crippen LogP contribution in [0.3, 0.4) is 0 Å². The van der Waals surface area contributed by atoms with E-state index in [9.17, 15) is 14.8 Å². The number of amides is 2. The van der Waals surface area contributed by atoms with E-state index in [-0.39, 0.29) is 37.4 Å². The Morgan fingerprint density at radius 3 is 2.42 bits per heavy atom. The van der Waals surface area contributed by atoms with Gasteiger partial charge in [-0.3, -0.25) is 14.8 Å². The first kappa shape index (κ1) is 17.3. The number of nitrogens with one attached hydrogen (secondary N) is 1. The molecule has 19 heavy (non-hydrogen) atoms. The molecule has 0 radical (unpaired) electrons. The van der Waals surface area contributed by atoms with Crippen molar-refractivity contribution in [2.45, 2.75) is 13.3 Å². The fraction of sp³-hybridized carbons (Fsp3) is 0.500. The number of carbonyl (C=O) groups excluding carboxylic acids is 2. The van der Waals surface area contributed by atoms with Crippen LogP contribution >= 0.6 is 0 Å². The van der Waals surface area contributed by atoms with Gasteiger partial charge in [0.2, 0.25) is 0 Å². The van der Waals surface area contributed by atoms with E-state index in [4.69, 9.17) is 10.2 Å². The van der Waals surface area contributed by atoms with Gasteiger partial charge in [0.15, 0.2) is 0 Å². The minimum Gasteiger partial charge on any atom is -0.395 e. The molecule has 0 heterocycles. The maximum atomic E-state index is 11.7. The van der Waals surface area contributed by atoms with Crippen molar-refractivity contribution >= 4 is 11.8 Å². The van der Waals surface area contributed by atoms with Crippen LogP contribution in [-0.4, -0.2) is 58.6 Å². The molecule has 2 amide bonds. The Hall–Kier alpha value is -1.70. The first-order valence-corrected chi connectivity index (χ1v) is 5.88. The van der Waals surface area contributed by atoms with Crippen molar-refractivity contribution in [2.75, 3.05) is 26.3 Å². The predicted octanol–water partition coefficient (Wildman–Crippen LogP) is -0.802. The Kier molecular flexibility index (Phi) is 8.43. The van der Waals surface area contributed by atoms with E-state index in [2.05, 4.69) is 11.9 Å². The zero-order valence-electron chi connectivity index (χ0n) is 10.9. The third kappa shape index (κ3) is 6.14. The molecule has 0 aromatic carbocycles. The SMILES string of the molecule is C=C(/C=C(\CC)C(=O)N(O)CCO)C(=O)NCCO. The van der Waals surface area contributed by atoms with Gasteiger partial charge in [-0.2, -0.15) is 0 Å². The lowest BCUT2D eigenvalue weighted by Gasteiger charge is -2.15. The molecule has 0 spiro atoms. The van der Waals surface area contributed by atoms with Gasteiger partial charge in [0.25, 0.3) is 11.8 Å². The van der Waals surface area contributed by atoms with E-state index in [1.807, 2.05) is 0 Å². The van der Waals surface area contributed by atoms with Crippen molar-refractivity contribution in [3.05, 3.63) is 23.8 Å². The van der Waals surface area contributed by atoms with E-state index in [1.165, 1.54) is 6.08 Å². The molecular weight excluding hydrogens is 252 g/mol. The first-order valence-electron chi connectivity index (χ1n) is 5.88. The second-order valence-corrected chi connectivity index (χ2v) is 3.68. The quantitative estimate of drug-likeness (QED) is 0.200. The third-order valence-corrected chi connectivity index (χ3v) is 2.24. The van der Waals surface area contributed by atoms with Crippen molar-refractivity contribution in [3.63, 3.8) is 0 Å². The number of hydroxylamine groups is 2. The number of aliphatic hydroxyl groups is 2. The Bertz CT molecular complexity index is 365. The summed E-state index contributed by atoms with van der Waals surface area (Å²) in [5.41, 5.74) is 0.246. The van der Waals surface area contributed by atoms with Gasteiger partial charge in [-0.1, -0.05) is 13.5 Å². The fourth-order valence-corrected chi connectivity index (χ4v) is 1.24. The monoisotopic (exact) mass is 272 g/mol. The van der Waals surface area contributed by atoms with Crippen LogP contribution in [0.2, 0.25) is 0 Å². The zero-order chi connectivity index (χ0) is 14.8. The summed E-state index contributed by atoms with van der Waals surface area (Å²) in [7, 11) is 0. The molecule has 7 heteroatoms. The lowest BCUT2D eigenvalue weighted by molar-refractivity contribution is -0.162. The minimum atomic E-state index is -0.687. The molecule has 108 valence electrons. The van der Waals surface area contributed by atoms with Crippen LogP contribution in [0, 0.1) is 0 Å². The van der Waals surface area contributed by atoms with Gasteiger partial charge in [0.1, 0.15) is 0 Å². The number of hydrogen-bond acceptors (Lipinski definition) is 5. The van der Waals surface area contributed by atoms with Crippen molar-refractivity contribution < 1.29 is 25.0 Å². The average Bonchev–Trinajstić information content (AvgIpc) is 2.41. The highest BCUT2D eigenvalue weighted by Crippen LogP contribution is 2.09. The van der Waals surface area contributed by atoms with E-state index < -0.39 is 11.8 Å². The van der Waals surface area contributed by atoms with Crippen LogP contribution in [0.15, 0.2) is 23.8 Å². The molecule has 0 atom stereocenters. The Morgan fingerprint density at radius 1 is 1.32 bits per heavy atom. The van der Waals surface area contributed by atoms with Crippen LogP contribution in [0.25, 0.3) is 0 Å². The van der Waals surface area contributed by atoms with Crippen molar-refractivity contribution in [1.82, 2.24) is 10.4 Å². The van der Waals surface area contributed by atoms with Gasteiger partial charge in [-0.25, -0.2) is 5.06 Å². The highest BCUT2D eigenvalue weighted by molar-refractivity contribution is 5.99. The van der Waals surface area contributed by atoms with Crippen LogP contribution in [0.4, 0.5) is 0 Å². The molecule has 4 N–H and O–H groups in total. The summed E-state index contributed by atoms with van der Waals surface area (Å²) in [5, 5.41) is 29.3. The van der Waals surface area contributed by atoms with Crippen molar-refractivity contribution in [3.8, 4) is 0 Å². The van der Waals surface area contributed by atoms with Gasteiger partial charge in [-0.05, 0) is 12.5 Å². The fourth-order valence-electron chi connectivity index (χ4n) is 1.24. The molecule has 0 saturated carbocycles. The highest BCUT2D eigenvalue weighted by atomic mass is 16.5. The van der Waals surface area contributed by atoms with Gasteiger partial charge in [-0.15, -0.1) is 0 Å². The number of nitrogens with zero attached hydrogens (tertiary/aromatic N) is 1. The van der Waals surface area contributed by atoms with Gasteiger partial charge >= 0.3 is 0 Å². The molecule has 7 nitrogen and oxygen atoms in total. The number of rotatable bonds is 8. The second-order valence-electron chi connectivity index (χ2n) is 3.68. The number of aliphatic hydroxyl groups excluding tert-OH is 2. The van der Waals surface area contributed by atoms with Crippen LogP contribution in [0.5, 0.6) is 0 Å². The lowest BCUT2D eigenvalue weighted by atomic mass is 10.1. The normalized spacial score (nSPS) is 11.1. The van der Waals surface area contributed by atoms with Crippen molar-refractivity contribution in [1.29, 1.82) is 0 Å². The molecule has 0 aliphatic carbocycles. The molecule has 0 aliphatic heterocycles. The molecule has 0 aromatic heterocycles. The maximum absolute atomic E-state index is 11.7. The Morgan fingerprint density at radius 2 is 1.95 bits per heavy atom. The molecule has 0 fully saturated rings. The van der Waals surface area contributed by atoms with E-state index >= 15 is 0 Å². The Labute approximate surface area is 111 Å². The zero-order valence-corrected chi connectivity index (χ0v) is 10.9. The lowest BCUT2D eigenvalue weighted by Crippen LogP contribution is -2.32. The van der Waals surface area contributed by atoms with Crippen LogP contribution in [0.1, 0.15) is 13.3 Å². The number of hydrogen-bond donors (Lipinski definition) is 4. The van der Waals surface area contributed by atoms with E-state index in [0.29, 0.717) is 11.5 Å². The second kappa shape index (κ2) is 9.26. The molecular formula is C12H20N2O5. The summed E-state index contributed by atoms with van der Waals surface area (Å²) in [4.78, 5) is 23.2. The summed E-state index contributed by atoms with van der Waals surface area (Å²) in [6.07, 6.45) is 1.57. The first-order chi connectivity index (χ1) is 8.97. The van der Waals surface area contributed by atoms with Crippen LogP contribution < -0.4 is 5.32 Å². The number of carbonyl (C=O) groups is 2. The summed E-state index contributed by atoms with van der Waals surface area (Å²) >= 11 is 0. The summed E-state index contributed by atoms with van der Waals surface area (Å²) in [6.45, 7) is 4.53. The van der Waals surface area contributed by atoms with E-state index in [1.54, 1.807) is 6.92 Å². The smallest absolute Gasteiger partial charge is 0.273 e. The summed E-state index contributed by atoms with van der Waals surface area (Å²) < 4.78 is 0. The third-order valence-electron chi connectivity index (χ3n) is 2.24. The molecule has 0 bridgehead atoms. The standard InChI is InChI=1S/C12H20N2O5/c1-3-10(12(18)14(19)5-7-16)8-9(2)11(17)13-4-6-15/h8,15-16,19H,2-7H2,1H3,(H,13,17)/b10-8+. The maximum Gasteiger partial charge on any atom is 0.273 e. The van der Waals surface area contributed by atoms with Gasteiger partial charge in [0, 0.05) is 17.7 Å². The average molecular weight is 272 g/mol. The molecule has 0 aliphatic rings. The van der Waals surface area contributed by atoms with Crippen LogP contribution in [-0.2, 0) is 9.59 Å². The van der Waals surface area contributed by atoms with Crippen molar-refractivity contribution in [2.24, 2.45) is 0 Å². The van der Waals surface area contributed by atoms with Gasteiger partial charge < -0.3 is 15.5 Å². The minimum absolute atomic E-state index is 0.0519. The van der Waals surface area contributed by atoms with Gasteiger partial charge in [0.05, 0.1) is 19.8 Å². The molecule has 0 unspecified atom stereocenters. The summed E-state index contributed by atoms with van der Waals surface area (Å²) in [5.74, 6) is -1.19. The predicted molar refractivity (Wildman–Crippen MR) is 68.2 cm³/mol.